The molecule has 0 spiro atoms. The number of hydrogen-bond acceptors (Lipinski definition) is 4. The fraction of sp³-hybridized carbons (Fsp3) is 0.0909. The first-order valence-corrected chi connectivity index (χ1v) is 5.36. The van der Waals surface area contributed by atoms with Crippen molar-refractivity contribution in [2.24, 2.45) is 0 Å². The third-order valence-corrected chi connectivity index (χ3v) is 2.48. The monoisotopic (exact) mass is 289 g/mol. The molecule has 1 aromatic heterocycles. The van der Waals surface area contributed by atoms with Crippen molar-refractivity contribution in [3.05, 3.63) is 41.1 Å². The smallest absolute Gasteiger partial charge is 0.199 e. The second kappa shape index (κ2) is 5.31. The molecule has 100 valence electrons. The Balaban J connectivity index is 2.45. The van der Waals surface area contributed by atoms with Crippen LogP contribution in [-0.4, -0.2) is 17.1 Å². The highest BCUT2D eigenvalue weighted by molar-refractivity contribution is 6.31. The topological polar surface area (TPSA) is 47.0 Å². The lowest BCUT2D eigenvalue weighted by Gasteiger charge is -2.11. The normalized spacial score (nSPS) is 10.4. The minimum atomic E-state index is -1.10. The highest BCUT2D eigenvalue weighted by Crippen LogP contribution is 2.32. The molecule has 0 radical (unpaired) electrons. The van der Waals surface area contributed by atoms with E-state index in [4.69, 9.17) is 16.3 Å². The Kier molecular flexibility index (Phi) is 3.75. The second-order valence-electron chi connectivity index (χ2n) is 3.42. The molecule has 19 heavy (non-hydrogen) atoms. The summed E-state index contributed by atoms with van der Waals surface area (Å²) in [4.78, 5) is 7.40. The molecule has 0 aliphatic heterocycles. The molecule has 0 atom stereocenters. The number of ether oxygens (including phenoxy) is 1. The minimum absolute atomic E-state index is 0.0206. The molecule has 0 fully saturated rings. The van der Waals surface area contributed by atoms with Crippen molar-refractivity contribution in [2.45, 2.75) is 0 Å². The van der Waals surface area contributed by atoms with Crippen molar-refractivity contribution < 1.29 is 17.9 Å². The molecule has 0 saturated carbocycles. The summed E-state index contributed by atoms with van der Waals surface area (Å²) in [6, 6.07) is 1.08. The molecular weight excluding hydrogens is 283 g/mol. The van der Waals surface area contributed by atoms with Crippen molar-refractivity contribution in [2.75, 3.05) is 12.4 Å². The second-order valence-corrected chi connectivity index (χ2v) is 3.77. The van der Waals surface area contributed by atoms with E-state index in [-0.39, 0.29) is 16.7 Å². The standard InChI is InChI=1S/C11H7ClF3N3O/c1-19-9-10(12)16-4-17-11(9)18-8-6(14)2-5(13)3-7(8)15/h2-4H,1H3,(H,16,17,18). The first-order chi connectivity index (χ1) is 9.02. The van der Waals surface area contributed by atoms with Gasteiger partial charge in [0, 0.05) is 12.1 Å². The summed E-state index contributed by atoms with van der Waals surface area (Å²) in [5.41, 5.74) is -0.561. The number of rotatable bonds is 3. The van der Waals surface area contributed by atoms with Gasteiger partial charge in [0.15, 0.2) is 28.4 Å². The number of aromatic nitrogens is 2. The van der Waals surface area contributed by atoms with E-state index in [0.29, 0.717) is 12.1 Å². The maximum Gasteiger partial charge on any atom is 0.199 e. The largest absolute Gasteiger partial charge is 0.490 e. The number of benzene rings is 1. The molecule has 2 rings (SSSR count). The average molecular weight is 290 g/mol. The van der Waals surface area contributed by atoms with Crippen molar-refractivity contribution in [1.29, 1.82) is 0 Å². The fourth-order valence-corrected chi connectivity index (χ4v) is 1.61. The quantitative estimate of drug-likeness (QED) is 0.881. The summed E-state index contributed by atoms with van der Waals surface area (Å²) in [6.07, 6.45) is 1.09. The first-order valence-electron chi connectivity index (χ1n) is 4.99. The molecule has 1 aromatic carbocycles. The van der Waals surface area contributed by atoms with E-state index >= 15 is 0 Å². The first kappa shape index (κ1) is 13.4. The maximum absolute atomic E-state index is 13.5. The highest BCUT2D eigenvalue weighted by Gasteiger charge is 2.16. The van der Waals surface area contributed by atoms with E-state index in [0.717, 1.165) is 6.33 Å². The van der Waals surface area contributed by atoms with Crippen molar-refractivity contribution in [3.63, 3.8) is 0 Å². The molecule has 8 heteroatoms. The lowest BCUT2D eigenvalue weighted by Crippen LogP contribution is -2.03. The Morgan fingerprint density at radius 1 is 1.16 bits per heavy atom. The van der Waals surface area contributed by atoms with Gasteiger partial charge in [0.05, 0.1) is 7.11 Å². The molecule has 1 heterocycles. The molecular formula is C11H7ClF3N3O. The predicted molar refractivity (Wildman–Crippen MR) is 63.2 cm³/mol. The van der Waals surface area contributed by atoms with Gasteiger partial charge in [-0.2, -0.15) is 0 Å². The van der Waals surface area contributed by atoms with Crippen LogP contribution in [0.1, 0.15) is 0 Å². The molecule has 0 bridgehead atoms. The number of anilines is 2. The summed E-state index contributed by atoms with van der Waals surface area (Å²) < 4.78 is 44.6. The molecule has 0 unspecified atom stereocenters. The van der Waals surface area contributed by atoms with Crippen LogP contribution in [0.3, 0.4) is 0 Å². The third kappa shape index (κ3) is 2.70. The molecule has 0 aliphatic carbocycles. The van der Waals surface area contributed by atoms with Gasteiger partial charge in [-0.1, -0.05) is 11.6 Å². The molecule has 0 aliphatic rings. The van der Waals surface area contributed by atoms with Crippen LogP contribution in [0.25, 0.3) is 0 Å². The van der Waals surface area contributed by atoms with Gasteiger partial charge in [-0.15, -0.1) is 0 Å². The lowest BCUT2D eigenvalue weighted by atomic mass is 10.2. The van der Waals surface area contributed by atoms with Gasteiger partial charge in [-0.25, -0.2) is 23.1 Å². The highest BCUT2D eigenvalue weighted by atomic mass is 35.5. The Labute approximate surface area is 111 Å². The zero-order chi connectivity index (χ0) is 14.0. The van der Waals surface area contributed by atoms with E-state index < -0.39 is 23.1 Å². The van der Waals surface area contributed by atoms with E-state index in [2.05, 4.69) is 15.3 Å². The van der Waals surface area contributed by atoms with Gasteiger partial charge in [0.25, 0.3) is 0 Å². The Morgan fingerprint density at radius 3 is 2.37 bits per heavy atom. The lowest BCUT2D eigenvalue weighted by molar-refractivity contribution is 0.413. The minimum Gasteiger partial charge on any atom is -0.490 e. The van der Waals surface area contributed by atoms with Crippen LogP contribution in [-0.2, 0) is 0 Å². The van der Waals surface area contributed by atoms with Gasteiger partial charge in [-0.3, -0.25) is 0 Å². The van der Waals surface area contributed by atoms with Crippen molar-refractivity contribution in [1.82, 2.24) is 9.97 Å². The zero-order valence-electron chi connectivity index (χ0n) is 9.55. The summed E-state index contributed by atoms with van der Waals surface area (Å²) in [7, 11) is 1.30. The number of nitrogens with one attached hydrogen (secondary N) is 1. The Morgan fingerprint density at radius 2 is 1.79 bits per heavy atom. The van der Waals surface area contributed by atoms with Gasteiger partial charge in [0.1, 0.15) is 17.8 Å². The van der Waals surface area contributed by atoms with Gasteiger partial charge in [-0.05, 0) is 0 Å². The Hall–Kier alpha value is -2.02. The SMILES string of the molecule is COc1c(Cl)ncnc1Nc1c(F)cc(F)cc1F. The molecule has 0 saturated heterocycles. The molecule has 1 N–H and O–H groups in total. The zero-order valence-corrected chi connectivity index (χ0v) is 10.3. The number of methoxy groups -OCH3 is 1. The van der Waals surface area contributed by atoms with E-state index in [1.807, 2.05) is 0 Å². The summed E-state index contributed by atoms with van der Waals surface area (Å²) in [5.74, 6) is -3.24. The van der Waals surface area contributed by atoms with Crippen LogP contribution in [0.5, 0.6) is 5.75 Å². The Bertz CT molecular complexity index is 601. The summed E-state index contributed by atoms with van der Waals surface area (Å²) >= 11 is 5.74. The van der Waals surface area contributed by atoms with Crippen molar-refractivity contribution >= 4 is 23.1 Å². The number of hydrogen-bond donors (Lipinski definition) is 1. The van der Waals surface area contributed by atoms with Crippen molar-refractivity contribution in [3.8, 4) is 5.75 Å². The van der Waals surface area contributed by atoms with Crippen LogP contribution in [0, 0.1) is 17.5 Å². The molecule has 0 amide bonds. The molecule has 2 aromatic rings. The van der Waals surface area contributed by atoms with Crippen LogP contribution in [0.2, 0.25) is 5.15 Å². The third-order valence-electron chi connectivity index (χ3n) is 2.21. The molecule has 4 nitrogen and oxygen atoms in total. The van der Waals surface area contributed by atoms with Gasteiger partial charge < -0.3 is 10.1 Å². The predicted octanol–water partition coefficient (Wildman–Crippen LogP) is 3.30. The van der Waals surface area contributed by atoms with E-state index in [1.165, 1.54) is 7.11 Å². The van der Waals surface area contributed by atoms with Crippen LogP contribution in [0.15, 0.2) is 18.5 Å². The average Bonchev–Trinajstić information content (AvgIpc) is 2.34. The van der Waals surface area contributed by atoms with Gasteiger partial charge >= 0.3 is 0 Å². The van der Waals surface area contributed by atoms with Crippen LogP contribution < -0.4 is 10.1 Å². The fourth-order valence-electron chi connectivity index (χ4n) is 1.40. The maximum atomic E-state index is 13.5. The van der Waals surface area contributed by atoms with Crippen LogP contribution >= 0.6 is 11.6 Å². The summed E-state index contributed by atoms with van der Waals surface area (Å²) in [6.45, 7) is 0. The van der Waals surface area contributed by atoms with Gasteiger partial charge in [0.2, 0.25) is 0 Å². The number of nitrogens with zero attached hydrogens (tertiary/aromatic N) is 2. The van der Waals surface area contributed by atoms with E-state index in [1.54, 1.807) is 0 Å². The van der Waals surface area contributed by atoms with E-state index in [9.17, 15) is 13.2 Å². The number of halogens is 4. The summed E-state index contributed by atoms with van der Waals surface area (Å²) in [5, 5.41) is 2.33. The van der Waals surface area contributed by atoms with Crippen LogP contribution in [0.4, 0.5) is 24.7 Å².